The maximum atomic E-state index is 11.8. The molecule has 0 bridgehead atoms. The molecular formula is C19H21N7O3S2. The van der Waals surface area contributed by atoms with Gasteiger partial charge in [0.1, 0.15) is 16.6 Å². The van der Waals surface area contributed by atoms with Crippen LogP contribution in [0.25, 0.3) is 16.7 Å². The van der Waals surface area contributed by atoms with E-state index in [1.807, 2.05) is 43.1 Å². The summed E-state index contributed by atoms with van der Waals surface area (Å²) >= 11 is 1.33. The van der Waals surface area contributed by atoms with Gasteiger partial charge < -0.3 is 14.6 Å². The molecule has 4 aromatic rings. The fourth-order valence-corrected chi connectivity index (χ4v) is 5.68. The topological polar surface area (TPSA) is 117 Å². The molecule has 1 N–H and O–H groups in total. The number of aryl methyl sites for hydroxylation is 2. The molecule has 1 saturated heterocycles. The number of fused-ring (bicyclic) bond motifs is 1. The normalized spacial score (nSPS) is 16.6. The summed E-state index contributed by atoms with van der Waals surface area (Å²) in [6.07, 6.45) is 6.20. The van der Waals surface area contributed by atoms with Crippen molar-refractivity contribution in [3.63, 3.8) is 0 Å². The minimum atomic E-state index is -2.98. The van der Waals surface area contributed by atoms with Crippen molar-refractivity contribution in [1.82, 2.24) is 28.7 Å². The molecule has 0 aromatic carbocycles. The fourth-order valence-electron chi connectivity index (χ4n) is 3.58. The van der Waals surface area contributed by atoms with E-state index in [0.29, 0.717) is 35.7 Å². The molecule has 0 saturated carbocycles. The maximum absolute atomic E-state index is 11.8. The Morgan fingerprint density at radius 2 is 2.06 bits per heavy atom. The van der Waals surface area contributed by atoms with Crippen LogP contribution in [-0.4, -0.2) is 54.7 Å². The molecule has 5 rings (SSSR count). The van der Waals surface area contributed by atoms with E-state index in [9.17, 15) is 8.42 Å². The van der Waals surface area contributed by atoms with Gasteiger partial charge in [-0.05, 0) is 43.4 Å². The monoisotopic (exact) mass is 459 g/mol. The Morgan fingerprint density at radius 1 is 1.26 bits per heavy atom. The van der Waals surface area contributed by atoms with Gasteiger partial charge in [-0.3, -0.25) is 4.68 Å². The number of nitrogens with zero attached hydrogens (tertiary/aromatic N) is 6. The summed E-state index contributed by atoms with van der Waals surface area (Å²) in [4.78, 5) is 9.28. The number of aromatic nitrogens is 6. The van der Waals surface area contributed by atoms with Crippen LogP contribution in [0.3, 0.4) is 0 Å². The second-order valence-corrected chi connectivity index (χ2v) is 10.7. The van der Waals surface area contributed by atoms with E-state index >= 15 is 0 Å². The van der Waals surface area contributed by atoms with Gasteiger partial charge in [0.15, 0.2) is 9.84 Å². The Labute approximate surface area is 183 Å². The van der Waals surface area contributed by atoms with Gasteiger partial charge in [0.25, 0.3) is 0 Å². The van der Waals surface area contributed by atoms with Gasteiger partial charge in [0.2, 0.25) is 11.8 Å². The summed E-state index contributed by atoms with van der Waals surface area (Å²) in [6, 6.07) is 3.82. The minimum Gasteiger partial charge on any atom is -0.473 e. The van der Waals surface area contributed by atoms with Crippen molar-refractivity contribution in [3.05, 3.63) is 36.4 Å². The molecule has 12 heteroatoms. The number of hydrogen-bond donors (Lipinski definition) is 1. The summed E-state index contributed by atoms with van der Waals surface area (Å²) in [5.41, 5.74) is 3.20. The molecule has 0 atom stereocenters. The number of ether oxygens (including phenoxy) is 1. The molecule has 0 aliphatic carbocycles. The molecule has 0 unspecified atom stereocenters. The van der Waals surface area contributed by atoms with Crippen molar-refractivity contribution in [2.75, 3.05) is 16.8 Å². The average Bonchev–Trinajstić information content (AvgIpc) is 3.43. The van der Waals surface area contributed by atoms with E-state index in [4.69, 9.17) is 4.74 Å². The molecule has 0 spiro atoms. The SMILES string of the molecule is Cc1cc(Nc2nc(OC3CCS(=O)(=O)CC3)c3c(ccn3-c3cnn(C)c3)n2)sn1. The number of nitrogens with one attached hydrogen (secondary N) is 1. The molecule has 4 aromatic heterocycles. The molecule has 1 fully saturated rings. The Bertz CT molecular complexity index is 1340. The van der Waals surface area contributed by atoms with Crippen LogP contribution in [0, 0.1) is 6.92 Å². The third-order valence-electron chi connectivity index (χ3n) is 5.11. The summed E-state index contributed by atoms with van der Waals surface area (Å²) in [5.74, 6) is 1.06. The Hall–Kier alpha value is -2.99. The highest BCUT2D eigenvalue weighted by Gasteiger charge is 2.27. The zero-order valence-electron chi connectivity index (χ0n) is 17.0. The van der Waals surface area contributed by atoms with Crippen LogP contribution in [0.1, 0.15) is 18.5 Å². The van der Waals surface area contributed by atoms with Gasteiger partial charge in [0, 0.05) is 19.4 Å². The van der Waals surface area contributed by atoms with Crippen LogP contribution in [0.5, 0.6) is 5.88 Å². The lowest BCUT2D eigenvalue weighted by Crippen LogP contribution is -2.31. The molecular weight excluding hydrogens is 438 g/mol. The van der Waals surface area contributed by atoms with Crippen molar-refractivity contribution in [2.45, 2.75) is 25.9 Å². The van der Waals surface area contributed by atoms with Crippen molar-refractivity contribution < 1.29 is 13.2 Å². The molecule has 0 amide bonds. The summed E-state index contributed by atoms with van der Waals surface area (Å²) in [6.45, 7) is 1.92. The highest BCUT2D eigenvalue weighted by molar-refractivity contribution is 7.91. The molecule has 1 aliphatic heterocycles. The smallest absolute Gasteiger partial charge is 0.244 e. The van der Waals surface area contributed by atoms with Gasteiger partial charge in [0.05, 0.1) is 34.6 Å². The molecule has 10 nitrogen and oxygen atoms in total. The molecule has 162 valence electrons. The van der Waals surface area contributed by atoms with Crippen LogP contribution in [0.4, 0.5) is 10.9 Å². The van der Waals surface area contributed by atoms with Crippen LogP contribution in [0.2, 0.25) is 0 Å². The van der Waals surface area contributed by atoms with E-state index in [-0.39, 0.29) is 17.6 Å². The van der Waals surface area contributed by atoms with E-state index in [2.05, 4.69) is 24.8 Å². The van der Waals surface area contributed by atoms with Crippen molar-refractivity contribution >= 4 is 43.4 Å². The highest BCUT2D eigenvalue weighted by Crippen LogP contribution is 2.31. The average molecular weight is 460 g/mol. The van der Waals surface area contributed by atoms with Gasteiger partial charge >= 0.3 is 0 Å². The Kier molecular flexibility index (Phi) is 4.89. The van der Waals surface area contributed by atoms with Crippen molar-refractivity contribution in [3.8, 4) is 11.6 Å². The largest absolute Gasteiger partial charge is 0.473 e. The Balaban J connectivity index is 1.55. The molecule has 31 heavy (non-hydrogen) atoms. The minimum absolute atomic E-state index is 0.126. The first-order chi connectivity index (χ1) is 14.9. The highest BCUT2D eigenvalue weighted by atomic mass is 32.2. The molecule has 5 heterocycles. The number of rotatable bonds is 5. The third kappa shape index (κ3) is 4.12. The van der Waals surface area contributed by atoms with Gasteiger partial charge in [-0.1, -0.05) is 0 Å². The first-order valence-corrected chi connectivity index (χ1v) is 12.4. The van der Waals surface area contributed by atoms with Gasteiger partial charge in [-0.15, -0.1) is 0 Å². The lowest BCUT2D eigenvalue weighted by molar-refractivity contribution is 0.184. The molecule has 0 radical (unpaired) electrons. The second-order valence-electron chi connectivity index (χ2n) is 7.57. The second kappa shape index (κ2) is 7.61. The van der Waals surface area contributed by atoms with E-state index < -0.39 is 9.84 Å². The van der Waals surface area contributed by atoms with E-state index in [1.54, 1.807) is 10.9 Å². The van der Waals surface area contributed by atoms with Crippen LogP contribution in [0.15, 0.2) is 30.7 Å². The predicted octanol–water partition coefficient (Wildman–Crippen LogP) is 2.62. The van der Waals surface area contributed by atoms with E-state index in [0.717, 1.165) is 16.4 Å². The fraction of sp³-hybridized carbons (Fsp3) is 0.368. The predicted molar refractivity (Wildman–Crippen MR) is 118 cm³/mol. The van der Waals surface area contributed by atoms with E-state index in [1.165, 1.54) is 11.5 Å². The zero-order chi connectivity index (χ0) is 21.6. The van der Waals surface area contributed by atoms with Crippen LogP contribution in [-0.2, 0) is 16.9 Å². The number of sulfone groups is 1. The first-order valence-electron chi connectivity index (χ1n) is 9.82. The standard InChI is InChI=1S/C19H21N7O3S2/c1-12-9-16(30-24-12)22-19-21-15-3-6-26(13-10-20-25(2)11-13)17(15)18(23-19)29-14-4-7-31(27,28)8-5-14/h3,6,9-11,14H,4-5,7-8H2,1-2H3,(H,21,22,23). The number of hydrogen-bond acceptors (Lipinski definition) is 9. The van der Waals surface area contributed by atoms with Crippen molar-refractivity contribution in [1.29, 1.82) is 0 Å². The number of anilines is 2. The first kappa shape index (κ1) is 19.9. The van der Waals surface area contributed by atoms with Crippen LogP contribution >= 0.6 is 11.5 Å². The molecule has 1 aliphatic rings. The third-order valence-corrected chi connectivity index (χ3v) is 7.63. The lowest BCUT2D eigenvalue weighted by atomic mass is 10.2. The summed E-state index contributed by atoms with van der Waals surface area (Å²) < 4.78 is 37.8. The van der Waals surface area contributed by atoms with Gasteiger partial charge in [-0.2, -0.15) is 14.5 Å². The maximum Gasteiger partial charge on any atom is 0.244 e. The summed E-state index contributed by atoms with van der Waals surface area (Å²) in [7, 11) is -1.13. The Morgan fingerprint density at radius 3 is 2.74 bits per heavy atom. The van der Waals surface area contributed by atoms with Crippen molar-refractivity contribution in [2.24, 2.45) is 7.05 Å². The lowest BCUT2D eigenvalue weighted by Gasteiger charge is -2.23. The van der Waals surface area contributed by atoms with Crippen LogP contribution < -0.4 is 10.1 Å². The quantitative estimate of drug-likeness (QED) is 0.484. The zero-order valence-corrected chi connectivity index (χ0v) is 18.7. The summed E-state index contributed by atoms with van der Waals surface area (Å²) in [5, 5.41) is 8.27. The van der Waals surface area contributed by atoms with Gasteiger partial charge in [-0.25, -0.2) is 13.4 Å².